The van der Waals surface area contributed by atoms with Crippen LogP contribution in [0.2, 0.25) is 0 Å². The lowest BCUT2D eigenvalue weighted by molar-refractivity contribution is -0.119. The lowest BCUT2D eigenvalue weighted by Crippen LogP contribution is -2.21. The van der Waals surface area contributed by atoms with E-state index in [1.807, 2.05) is 6.92 Å². The van der Waals surface area contributed by atoms with Crippen LogP contribution in [0.4, 0.5) is 0 Å². The second kappa shape index (κ2) is 7.32. The van der Waals surface area contributed by atoms with Gasteiger partial charge in [-0.25, -0.2) is 0 Å². The Morgan fingerprint density at radius 2 is 1.44 bits per heavy atom. The first-order valence-electron chi connectivity index (χ1n) is 6.81. The maximum absolute atomic E-state index is 11.7. The summed E-state index contributed by atoms with van der Waals surface area (Å²) in [5, 5.41) is 0. The Balaban J connectivity index is 2.39. The quantitative estimate of drug-likeness (QED) is 0.557. The van der Waals surface area contributed by atoms with Gasteiger partial charge in [0.2, 0.25) is 0 Å². The molecule has 1 aliphatic rings. The fourth-order valence-electron chi connectivity index (χ4n) is 2.46. The minimum atomic E-state index is -0.287. The van der Waals surface area contributed by atoms with Crippen molar-refractivity contribution in [1.82, 2.24) is 0 Å². The number of carbonyl (C=O) groups is 1. The Morgan fingerprint density at radius 3 is 2.06 bits per heavy atom. The molecule has 0 aromatic carbocycles. The van der Waals surface area contributed by atoms with Crippen molar-refractivity contribution in [2.24, 2.45) is 0 Å². The molecule has 1 atom stereocenters. The lowest BCUT2D eigenvalue weighted by atomic mass is 9.95. The zero-order valence-corrected chi connectivity index (χ0v) is 11.3. The molecule has 0 radical (unpaired) electrons. The van der Waals surface area contributed by atoms with Gasteiger partial charge in [0.1, 0.15) is 5.78 Å². The lowest BCUT2D eigenvalue weighted by Gasteiger charge is -2.20. The molecule has 2 heteroatoms. The van der Waals surface area contributed by atoms with Gasteiger partial charge in [0.25, 0.3) is 0 Å². The summed E-state index contributed by atoms with van der Waals surface area (Å²) in [5.41, 5.74) is 0. The van der Waals surface area contributed by atoms with Gasteiger partial charge in [-0.1, -0.05) is 44.9 Å². The summed E-state index contributed by atoms with van der Waals surface area (Å²) >= 11 is 6.38. The summed E-state index contributed by atoms with van der Waals surface area (Å²) in [6, 6.07) is 0. The number of halogens is 1. The summed E-state index contributed by atoms with van der Waals surface area (Å²) in [4.78, 5) is 11.4. The molecule has 0 bridgehead atoms. The molecule has 0 N–H and O–H groups in total. The van der Waals surface area contributed by atoms with Gasteiger partial charge in [0, 0.05) is 17.7 Å². The topological polar surface area (TPSA) is 17.1 Å². The van der Waals surface area contributed by atoms with Crippen LogP contribution in [0.15, 0.2) is 0 Å². The van der Waals surface area contributed by atoms with Gasteiger partial charge < -0.3 is 0 Å². The normalized spacial score (nSPS) is 31.2. The SMILES string of the molecule is CC1(Cl)CCCCCCCCCCC(=O)C1. The smallest absolute Gasteiger partial charge is 0.134 e. The number of rotatable bonds is 0. The molecule has 0 spiro atoms. The van der Waals surface area contributed by atoms with Crippen LogP contribution < -0.4 is 0 Å². The third-order valence-corrected chi connectivity index (χ3v) is 3.79. The molecule has 1 nitrogen and oxygen atoms in total. The van der Waals surface area contributed by atoms with Gasteiger partial charge >= 0.3 is 0 Å². The summed E-state index contributed by atoms with van der Waals surface area (Å²) in [6.45, 7) is 2.02. The maximum Gasteiger partial charge on any atom is 0.134 e. The second-order valence-corrected chi connectivity index (χ2v) is 6.37. The number of alkyl halides is 1. The Labute approximate surface area is 105 Å². The van der Waals surface area contributed by atoms with E-state index in [0.29, 0.717) is 12.2 Å². The van der Waals surface area contributed by atoms with Crippen LogP contribution in [0.1, 0.15) is 77.6 Å². The van der Waals surface area contributed by atoms with Crippen molar-refractivity contribution in [1.29, 1.82) is 0 Å². The molecule has 0 aromatic rings. The number of hydrogen-bond donors (Lipinski definition) is 0. The van der Waals surface area contributed by atoms with E-state index >= 15 is 0 Å². The molecule has 1 rings (SSSR count). The fraction of sp³-hybridized carbons (Fsp3) is 0.929. The van der Waals surface area contributed by atoms with Gasteiger partial charge in [-0.2, -0.15) is 0 Å². The third-order valence-electron chi connectivity index (χ3n) is 3.47. The highest BCUT2D eigenvalue weighted by atomic mass is 35.5. The summed E-state index contributed by atoms with van der Waals surface area (Å²) < 4.78 is 0. The molecule has 1 unspecified atom stereocenters. The van der Waals surface area contributed by atoms with Crippen LogP contribution in [0, 0.1) is 0 Å². The molecular formula is C14H25ClO. The highest BCUT2D eigenvalue weighted by molar-refractivity contribution is 6.24. The molecule has 0 amide bonds. The Morgan fingerprint density at radius 1 is 0.938 bits per heavy atom. The predicted molar refractivity (Wildman–Crippen MR) is 70.1 cm³/mol. The fourth-order valence-corrected chi connectivity index (χ4v) is 2.75. The molecular weight excluding hydrogens is 220 g/mol. The van der Waals surface area contributed by atoms with Gasteiger partial charge in [0.15, 0.2) is 0 Å². The average molecular weight is 245 g/mol. The van der Waals surface area contributed by atoms with Gasteiger partial charge in [-0.05, 0) is 19.8 Å². The average Bonchev–Trinajstić information content (AvgIpc) is 2.20. The number of hydrogen-bond acceptors (Lipinski definition) is 1. The van der Waals surface area contributed by atoms with E-state index in [2.05, 4.69) is 0 Å². The van der Waals surface area contributed by atoms with Gasteiger partial charge in [-0.3, -0.25) is 4.79 Å². The first-order valence-corrected chi connectivity index (χ1v) is 7.19. The minimum absolute atomic E-state index is 0.287. The highest BCUT2D eigenvalue weighted by Gasteiger charge is 2.23. The number of ketones is 1. The Bertz CT molecular complexity index is 211. The summed E-state index contributed by atoms with van der Waals surface area (Å²) in [6.07, 6.45) is 12.3. The monoisotopic (exact) mass is 244 g/mol. The molecule has 94 valence electrons. The zero-order valence-electron chi connectivity index (χ0n) is 10.6. The number of Topliss-reactive ketones (excluding diaryl/α,β-unsaturated/α-hetero) is 1. The molecule has 1 saturated carbocycles. The molecule has 0 aliphatic heterocycles. The van der Waals surface area contributed by atoms with E-state index in [1.165, 1.54) is 44.9 Å². The van der Waals surface area contributed by atoms with Crippen LogP contribution in [0.3, 0.4) is 0 Å². The molecule has 0 aromatic heterocycles. The largest absolute Gasteiger partial charge is 0.300 e. The van der Waals surface area contributed by atoms with Crippen molar-refractivity contribution >= 4 is 17.4 Å². The van der Waals surface area contributed by atoms with Crippen LogP contribution in [-0.4, -0.2) is 10.7 Å². The standard InChI is InChI=1S/C14H25ClO/c1-14(15)11-9-7-5-3-2-4-6-8-10-13(16)12-14/h2-12H2,1H3. The molecule has 0 saturated heterocycles. The third kappa shape index (κ3) is 6.52. The molecule has 1 fully saturated rings. The van der Waals surface area contributed by atoms with Crippen molar-refractivity contribution in [2.45, 2.75) is 82.4 Å². The van der Waals surface area contributed by atoms with E-state index in [4.69, 9.17) is 11.6 Å². The highest BCUT2D eigenvalue weighted by Crippen LogP contribution is 2.28. The molecule has 0 heterocycles. The zero-order chi connectivity index (χ0) is 11.9. The molecule has 1 aliphatic carbocycles. The van der Waals surface area contributed by atoms with E-state index in [-0.39, 0.29) is 4.87 Å². The van der Waals surface area contributed by atoms with Crippen LogP contribution >= 0.6 is 11.6 Å². The van der Waals surface area contributed by atoms with Gasteiger partial charge in [0.05, 0.1) is 0 Å². The van der Waals surface area contributed by atoms with Crippen molar-refractivity contribution in [3.8, 4) is 0 Å². The first-order chi connectivity index (χ1) is 7.60. The minimum Gasteiger partial charge on any atom is -0.300 e. The van der Waals surface area contributed by atoms with E-state index in [9.17, 15) is 4.79 Å². The van der Waals surface area contributed by atoms with Crippen LogP contribution in [0.25, 0.3) is 0 Å². The van der Waals surface area contributed by atoms with E-state index in [0.717, 1.165) is 19.3 Å². The first kappa shape index (κ1) is 14.0. The van der Waals surface area contributed by atoms with Crippen molar-refractivity contribution in [3.63, 3.8) is 0 Å². The van der Waals surface area contributed by atoms with Crippen LogP contribution in [-0.2, 0) is 4.79 Å². The second-order valence-electron chi connectivity index (χ2n) is 5.46. The van der Waals surface area contributed by atoms with E-state index in [1.54, 1.807) is 0 Å². The van der Waals surface area contributed by atoms with Crippen molar-refractivity contribution in [3.05, 3.63) is 0 Å². The molecule has 16 heavy (non-hydrogen) atoms. The summed E-state index contributed by atoms with van der Waals surface area (Å²) in [7, 11) is 0. The predicted octanol–water partition coefficient (Wildman–Crippen LogP) is 4.86. The Kier molecular flexibility index (Phi) is 6.41. The summed E-state index contributed by atoms with van der Waals surface area (Å²) in [5.74, 6) is 0.358. The van der Waals surface area contributed by atoms with Crippen molar-refractivity contribution in [2.75, 3.05) is 0 Å². The maximum atomic E-state index is 11.7. The Hall–Kier alpha value is -0.0400. The number of carbonyl (C=O) groups excluding carboxylic acids is 1. The van der Waals surface area contributed by atoms with E-state index < -0.39 is 0 Å². The van der Waals surface area contributed by atoms with Crippen LogP contribution in [0.5, 0.6) is 0 Å². The van der Waals surface area contributed by atoms with Gasteiger partial charge in [-0.15, -0.1) is 11.6 Å². The van der Waals surface area contributed by atoms with Crippen molar-refractivity contribution < 1.29 is 4.79 Å².